The highest BCUT2D eigenvalue weighted by molar-refractivity contribution is 7.11. The maximum absolute atomic E-state index is 4.10. The first-order chi connectivity index (χ1) is 7.25. The van der Waals surface area contributed by atoms with Crippen molar-refractivity contribution < 1.29 is 0 Å². The molecule has 3 heteroatoms. The predicted molar refractivity (Wildman–Crippen MR) is 65.4 cm³/mol. The molecule has 1 N–H and O–H groups in total. The Morgan fingerprint density at radius 2 is 2.13 bits per heavy atom. The summed E-state index contributed by atoms with van der Waals surface area (Å²) in [6, 6.07) is 6.33. The third kappa shape index (κ3) is 2.57. The van der Waals surface area contributed by atoms with Crippen molar-refractivity contribution in [3.8, 4) is 0 Å². The molecule has 2 aromatic heterocycles. The third-order valence-corrected chi connectivity index (χ3v) is 3.29. The van der Waals surface area contributed by atoms with Crippen molar-refractivity contribution in [1.29, 1.82) is 0 Å². The van der Waals surface area contributed by atoms with Crippen LogP contribution >= 0.6 is 11.3 Å². The van der Waals surface area contributed by atoms with E-state index in [0.29, 0.717) is 0 Å². The molecule has 15 heavy (non-hydrogen) atoms. The maximum atomic E-state index is 4.10. The van der Waals surface area contributed by atoms with Crippen LogP contribution in [0.15, 0.2) is 30.6 Å². The summed E-state index contributed by atoms with van der Waals surface area (Å²) < 4.78 is 0. The van der Waals surface area contributed by atoms with Gasteiger partial charge in [-0.1, -0.05) is 0 Å². The number of thiophene rings is 1. The molecule has 0 atom stereocenters. The Morgan fingerprint density at radius 3 is 2.80 bits per heavy atom. The van der Waals surface area contributed by atoms with E-state index < -0.39 is 0 Å². The minimum atomic E-state index is 0.880. The Labute approximate surface area is 94.0 Å². The zero-order valence-electron chi connectivity index (χ0n) is 8.95. The van der Waals surface area contributed by atoms with Gasteiger partial charge in [0.1, 0.15) is 0 Å². The number of hydrogen-bond donors (Lipinski definition) is 1. The second kappa shape index (κ2) is 4.45. The lowest BCUT2D eigenvalue weighted by Gasteiger charge is -2.06. The van der Waals surface area contributed by atoms with Crippen LogP contribution in [0.2, 0.25) is 0 Å². The smallest absolute Gasteiger partial charge is 0.0559 e. The van der Waals surface area contributed by atoms with Gasteiger partial charge in [0.2, 0.25) is 0 Å². The molecule has 0 aromatic carbocycles. The maximum Gasteiger partial charge on any atom is 0.0559 e. The van der Waals surface area contributed by atoms with Gasteiger partial charge in [-0.15, -0.1) is 11.3 Å². The summed E-state index contributed by atoms with van der Waals surface area (Å²) >= 11 is 1.83. The van der Waals surface area contributed by atoms with E-state index in [9.17, 15) is 0 Å². The molecule has 2 rings (SSSR count). The number of aryl methyl sites for hydroxylation is 2. The van der Waals surface area contributed by atoms with Crippen molar-refractivity contribution in [3.05, 3.63) is 45.9 Å². The van der Waals surface area contributed by atoms with Crippen LogP contribution in [0.5, 0.6) is 0 Å². The summed E-state index contributed by atoms with van der Waals surface area (Å²) in [7, 11) is 0. The summed E-state index contributed by atoms with van der Waals surface area (Å²) in [4.78, 5) is 6.82. The normalized spacial score (nSPS) is 10.3. The second-order valence-electron chi connectivity index (χ2n) is 3.56. The highest BCUT2D eigenvalue weighted by Crippen LogP contribution is 2.18. The Hall–Kier alpha value is -1.35. The zero-order chi connectivity index (χ0) is 10.7. The Bertz CT molecular complexity index is 448. The minimum Gasteiger partial charge on any atom is -0.379 e. The molecule has 0 fully saturated rings. The van der Waals surface area contributed by atoms with Gasteiger partial charge in [0, 0.05) is 22.5 Å². The predicted octanol–water partition coefficient (Wildman–Crippen LogP) is 3.37. The first-order valence-corrected chi connectivity index (χ1v) is 5.77. The van der Waals surface area contributed by atoms with Crippen molar-refractivity contribution in [2.24, 2.45) is 0 Å². The van der Waals surface area contributed by atoms with Gasteiger partial charge in [0.15, 0.2) is 0 Å². The fourth-order valence-electron chi connectivity index (χ4n) is 1.41. The molecule has 0 aliphatic heterocycles. The molecule has 0 spiro atoms. The Morgan fingerprint density at radius 1 is 1.27 bits per heavy atom. The van der Waals surface area contributed by atoms with Crippen LogP contribution in [-0.2, 0) is 6.54 Å². The SMILES string of the molecule is Cc1ccc(CNc2cnccc2C)s1. The Balaban J connectivity index is 2.02. The summed E-state index contributed by atoms with van der Waals surface area (Å²) in [5.41, 5.74) is 2.35. The molecular weight excluding hydrogens is 204 g/mol. The number of aromatic nitrogens is 1. The van der Waals surface area contributed by atoms with Crippen LogP contribution in [0.25, 0.3) is 0 Å². The molecule has 2 nitrogen and oxygen atoms in total. The minimum absolute atomic E-state index is 0.880. The molecule has 0 saturated heterocycles. The van der Waals surface area contributed by atoms with E-state index in [4.69, 9.17) is 0 Å². The van der Waals surface area contributed by atoms with Crippen molar-refractivity contribution in [1.82, 2.24) is 4.98 Å². The summed E-state index contributed by atoms with van der Waals surface area (Å²) in [5.74, 6) is 0. The molecular formula is C12H14N2S. The summed E-state index contributed by atoms with van der Waals surface area (Å²) in [6.07, 6.45) is 3.69. The van der Waals surface area contributed by atoms with Gasteiger partial charge in [-0.2, -0.15) is 0 Å². The fraction of sp³-hybridized carbons (Fsp3) is 0.250. The van der Waals surface area contributed by atoms with Gasteiger partial charge in [0.25, 0.3) is 0 Å². The average molecular weight is 218 g/mol. The van der Waals surface area contributed by atoms with Crippen molar-refractivity contribution in [2.75, 3.05) is 5.32 Å². The van der Waals surface area contributed by atoms with Gasteiger partial charge in [0.05, 0.1) is 11.9 Å². The van der Waals surface area contributed by atoms with Gasteiger partial charge < -0.3 is 5.32 Å². The van der Waals surface area contributed by atoms with Crippen molar-refractivity contribution in [3.63, 3.8) is 0 Å². The molecule has 0 radical (unpaired) electrons. The number of nitrogens with zero attached hydrogens (tertiary/aromatic N) is 1. The molecule has 0 aliphatic rings. The van der Waals surface area contributed by atoms with Crippen LogP contribution < -0.4 is 5.32 Å². The van der Waals surface area contributed by atoms with Crippen LogP contribution in [-0.4, -0.2) is 4.98 Å². The molecule has 0 aliphatic carbocycles. The third-order valence-electron chi connectivity index (χ3n) is 2.29. The standard InChI is InChI=1S/C12H14N2S/c1-9-5-6-13-8-12(9)14-7-11-4-3-10(2)15-11/h3-6,8,14H,7H2,1-2H3. The van der Waals surface area contributed by atoms with Crippen LogP contribution in [0.1, 0.15) is 15.3 Å². The molecule has 0 saturated carbocycles. The lowest BCUT2D eigenvalue weighted by Crippen LogP contribution is -1.99. The van der Waals surface area contributed by atoms with Crippen LogP contribution in [0, 0.1) is 13.8 Å². The molecule has 0 bridgehead atoms. The monoisotopic (exact) mass is 218 g/mol. The largest absolute Gasteiger partial charge is 0.379 e. The lowest BCUT2D eigenvalue weighted by atomic mass is 10.2. The van der Waals surface area contributed by atoms with Gasteiger partial charge in [-0.05, 0) is 37.6 Å². The quantitative estimate of drug-likeness (QED) is 0.854. The van der Waals surface area contributed by atoms with E-state index >= 15 is 0 Å². The molecule has 2 heterocycles. The van der Waals surface area contributed by atoms with Crippen LogP contribution in [0.3, 0.4) is 0 Å². The van der Waals surface area contributed by atoms with Gasteiger partial charge >= 0.3 is 0 Å². The number of hydrogen-bond acceptors (Lipinski definition) is 3. The highest BCUT2D eigenvalue weighted by Gasteiger charge is 1.99. The summed E-state index contributed by atoms with van der Waals surface area (Å²) in [6.45, 7) is 5.10. The van der Waals surface area contributed by atoms with E-state index in [1.165, 1.54) is 15.3 Å². The van der Waals surface area contributed by atoms with E-state index in [-0.39, 0.29) is 0 Å². The average Bonchev–Trinajstić information content (AvgIpc) is 2.63. The first kappa shape index (κ1) is 10.2. The van der Waals surface area contributed by atoms with Crippen molar-refractivity contribution >= 4 is 17.0 Å². The van der Waals surface area contributed by atoms with Crippen molar-refractivity contribution in [2.45, 2.75) is 20.4 Å². The lowest BCUT2D eigenvalue weighted by molar-refractivity contribution is 1.16. The molecule has 0 unspecified atom stereocenters. The number of rotatable bonds is 3. The summed E-state index contributed by atoms with van der Waals surface area (Å²) in [5, 5.41) is 3.39. The first-order valence-electron chi connectivity index (χ1n) is 4.95. The van der Waals surface area contributed by atoms with Gasteiger partial charge in [-0.3, -0.25) is 4.98 Å². The van der Waals surface area contributed by atoms with Gasteiger partial charge in [-0.25, -0.2) is 0 Å². The van der Waals surface area contributed by atoms with E-state index in [0.717, 1.165) is 12.2 Å². The topological polar surface area (TPSA) is 24.9 Å². The second-order valence-corrected chi connectivity index (χ2v) is 4.93. The number of pyridine rings is 1. The molecule has 0 amide bonds. The zero-order valence-corrected chi connectivity index (χ0v) is 9.77. The van der Waals surface area contributed by atoms with E-state index in [1.807, 2.05) is 29.8 Å². The van der Waals surface area contributed by atoms with Crippen LogP contribution in [0.4, 0.5) is 5.69 Å². The fourth-order valence-corrected chi connectivity index (χ4v) is 2.24. The number of anilines is 1. The number of nitrogens with one attached hydrogen (secondary N) is 1. The molecule has 2 aromatic rings. The Kier molecular flexibility index (Phi) is 3.02. The van der Waals surface area contributed by atoms with E-state index in [2.05, 4.69) is 36.3 Å². The van der Waals surface area contributed by atoms with E-state index in [1.54, 1.807) is 0 Å². The highest BCUT2D eigenvalue weighted by atomic mass is 32.1. The molecule has 78 valence electrons.